The Labute approximate surface area is 128 Å². The van der Waals surface area contributed by atoms with Crippen LogP contribution in [0.25, 0.3) is 5.82 Å². The largest absolute Gasteiger partial charge is 0.481 e. The van der Waals surface area contributed by atoms with Gasteiger partial charge in [0.1, 0.15) is 5.69 Å². The second-order valence-corrected chi connectivity index (χ2v) is 5.07. The van der Waals surface area contributed by atoms with Gasteiger partial charge < -0.3 is 10.0 Å². The number of nitrogens with zero attached hydrogens (tertiary/aromatic N) is 4. The van der Waals surface area contributed by atoms with Crippen molar-refractivity contribution in [3.63, 3.8) is 0 Å². The van der Waals surface area contributed by atoms with E-state index in [-0.39, 0.29) is 30.6 Å². The highest BCUT2D eigenvalue weighted by Gasteiger charge is 2.21. The van der Waals surface area contributed by atoms with Crippen LogP contribution in [0.1, 0.15) is 30.8 Å². The summed E-state index contributed by atoms with van der Waals surface area (Å²) >= 11 is 0. The van der Waals surface area contributed by atoms with Crippen molar-refractivity contribution >= 4 is 11.9 Å². The summed E-state index contributed by atoms with van der Waals surface area (Å²) in [4.78, 5) is 29.1. The van der Waals surface area contributed by atoms with Crippen LogP contribution in [0.5, 0.6) is 0 Å². The molecule has 0 unspecified atom stereocenters. The molecule has 0 saturated heterocycles. The van der Waals surface area contributed by atoms with Gasteiger partial charge in [-0.1, -0.05) is 6.07 Å². The smallest absolute Gasteiger partial charge is 0.305 e. The fourth-order valence-corrected chi connectivity index (χ4v) is 2.03. The molecule has 0 bridgehead atoms. The molecule has 22 heavy (non-hydrogen) atoms. The SMILES string of the molecule is CC(C)N(CCC(=O)O)C(=O)c1cccc(-n2cccn2)n1. The Morgan fingerprint density at radius 2 is 2.09 bits per heavy atom. The summed E-state index contributed by atoms with van der Waals surface area (Å²) in [6.45, 7) is 3.84. The minimum absolute atomic E-state index is 0.0945. The zero-order valence-corrected chi connectivity index (χ0v) is 12.5. The number of amides is 1. The Kier molecular flexibility index (Phi) is 4.88. The predicted molar refractivity (Wildman–Crippen MR) is 79.8 cm³/mol. The summed E-state index contributed by atoms with van der Waals surface area (Å²) in [6.07, 6.45) is 3.27. The standard InChI is InChI=1S/C15H18N4O3/c1-11(2)18(10-7-14(20)21)15(22)12-5-3-6-13(17-12)19-9-4-8-16-19/h3-6,8-9,11H,7,10H2,1-2H3,(H,20,21). The quantitative estimate of drug-likeness (QED) is 0.875. The minimum Gasteiger partial charge on any atom is -0.481 e. The van der Waals surface area contributed by atoms with Crippen molar-refractivity contribution in [2.24, 2.45) is 0 Å². The van der Waals surface area contributed by atoms with Gasteiger partial charge in [-0.2, -0.15) is 5.10 Å². The average Bonchev–Trinajstić information content (AvgIpc) is 3.01. The number of aromatic nitrogens is 3. The van der Waals surface area contributed by atoms with Gasteiger partial charge in [-0.05, 0) is 32.0 Å². The van der Waals surface area contributed by atoms with E-state index >= 15 is 0 Å². The van der Waals surface area contributed by atoms with E-state index in [1.165, 1.54) is 4.90 Å². The van der Waals surface area contributed by atoms with Crippen LogP contribution < -0.4 is 0 Å². The maximum absolute atomic E-state index is 12.6. The average molecular weight is 302 g/mol. The third-order valence-electron chi connectivity index (χ3n) is 3.14. The van der Waals surface area contributed by atoms with Gasteiger partial charge in [-0.15, -0.1) is 0 Å². The van der Waals surface area contributed by atoms with Gasteiger partial charge in [0.2, 0.25) is 0 Å². The first-order valence-electron chi connectivity index (χ1n) is 6.99. The molecule has 2 heterocycles. The van der Waals surface area contributed by atoms with Crippen molar-refractivity contribution < 1.29 is 14.7 Å². The topological polar surface area (TPSA) is 88.3 Å². The molecule has 2 aromatic heterocycles. The molecule has 116 valence electrons. The van der Waals surface area contributed by atoms with Crippen LogP contribution in [0.4, 0.5) is 0 Å². The molecule has 0 aliphatic rings. The first-order valence-corrected chi connectivity index (χ1v) is 6.99. The molecule has 0 atom stereocenters. The maximum Gasteiger partial charge on any atom is 0.305 e. The zero-order chi connectivity index (χ0) is 16.1. The Hall–Kier alpha value is -2.70. The molecule has 0 spiro atoms. The molecule has 1 amide bonds. The number of hydrogen-bond donors (Lipinski definition) is 1. The summed E-state index contributed by atoms with van der Waals surface area (Å²) in [5.74, 6) is -0.681. The lowest BCUT2D eigenvalue weighted by Crippen LogP contribution is -2.39. The number of pyridine rings is 1. The van der Waals surface area contributed by atoms with E-state index in [2.05, 4.69) is 10.1 Å². The van der Waals surface area contributed by atoms with E-state index in [0.29, 0.717) is 5.82 Å². The molecule has 7 nitrogen and oxygen atoms in total. The van der Waals surface area contributed by atoms with Gasteiger partial charge in [0.25, 0.3) is 5.91 Å². The lowest BCUT2D eigenvalue weighted by Gasteiger charge is -2.25. The van der Waals surface area contributed by atoms with Crippen molar-refractivity contribution in [2.75, 3.05) is 6.54 Å². The van der Waals surface area contributed by atoms with Gasteiger partial charge in [0, 0.05) is 25.0 Å². The molecule has 0 radical (unpaired) electrons. The van der Waals surface area contributed by atoms with Crippen molar-refractivity contribution in [1.82, 2.24) is 19.7 Å². The van der Waals surface area contributed by atoms with E-state index < -0.39 is 5.97 Å². The fourth-order valence-electron chi connectivity index (χ4n) is 2.03. The van der Waals surface area contributed by atoms with Crippen molar-refractivity contribution in [1.29, 1.82) is 0 Å². The number of carbonyl (C=O) groups excluding carboxylic acids is 1. The van der Waals surface area contributed by atoms with E-state index in [9.17, 15) is 9.59 Å². The number of aliphatic carboxylic acids is 1. The molecular formula is C15H18N4O3. The Balaban J connectivity index is 2.23. The van der Waals surface area contributed by atoms with Crippen molar-refractivity contribution in [3.8, 4) is 5.82 Å². The molecule has 7 heteroatoms. The van der Waals surface area contributed by atoms with Crippen LogP contribution >= 0.6 is 0 Å². The lowest BCUT2D eigenvalue weighted by atomic mass is 10.2. The molecule has 2 aromatic rings. The summed E-state index contributed by atoms with van der Waals surface area (Å²) in [5.41, 5.74) is 0.270. The van der Waals surface area contributed by atoms with Crippen molar-refractivity contribution in [3.05, 3.63) is 42.4 Å². The Bertz CT molecular complexity index is 653. The zero-order valence-electron chi connectivity index (χ0n) is 12.5. The van der Waals surface area contributed by atoms with E-state index in [0.717, 1.165) is 0 Å². The van der Waals surface area contributed by atoms with Gasteiger partial charge in [0.15, 0.2) is 5.82 Å². The first kappa shape index (κ1) is 15.7. The number of hydrogen-bond acceptors (Lipinski definition) is 4. The molecule has 0 aliphatic carbocycles. The van der Waals surface area contributed by atoms with Crippen molar-refractivity contribution in [2.45, 2.75) is 26.3 Å². The molecule has 0 saturated carbocycles. The first-order chi connectivity index (χ1) is 10.5. The third kappa shape index (κ3) is 3.69. The third-order valence-corrected chi connectivity index (χ3v) is 3.14. The predicted octanol–water partition coefficient (Wildman–Crippen LogP) is 1.59. The monoisotopic (exact) mass is 302 g/mol. The van der Waals surface area contributed by atoms with Crippen LogP contribution in [0, 0.1) is 0 Å². The molecule has 1 N–H and O–H groups in total. The van der Waals surface area contributed by atoms with E-state index in [4.69, 9.17) is 5.11 Å². The molecule has 0 fully saturated rings. The van der Waals surface area contributed by atoms with Crippen LogP contribution in [0.15, 0.2) is 36.7 Å². The maximum atomic E-state index is 12.6. The minimum atomic E-state index is -0.934. The van der Waals surface area contributed by atoms with E-state index in [1.54, 1.807) is 41.3 Å². The van der Waals surface area contributed by atoms with Gasteiger partial charge in [-0.25, -0.2) is 9.67 Å². The highest BCUT2D eigenvalue weighted by molar-refractivity contribution is 5.92. The van der Waals surface area contributed by atoms with Crippen LogP contribution in [-0.4, -0.2) is 49.2 Å². The number of carbonyl (C=O) groups is 2. The molecule has 0 aromatic carbocycles. The second-order valence-electron chi connectivity index (χ2n) is 5.07. The summed E-state index contributed by atoms with van der Waals surface area (Å²) in [6, 6.07) is 6.75. The van der Waals surface area contributed by atoms with Gasteiger partial charge in [0.05, 0.1) is 6.42 Å². The second kappa shape index (κ2) is 6.84. The Morgan fingerprint density at radius 1 is 1.32 bits per heavy atom. The highest BCUT2D eigenvalue weighted by atomic mass is 16.4. The molecule has 0 aliphatic heterocycles. The van der Waals surface area contributed by atoms with E-state index in [1.807, 2.05) is 13.8 Å². The summed E-state index contributed by atoms with van der Waals surface area (Å²) in [5, 5.41) is 12.9. The highest BCUT2D eigenvalue weighted by Crippen LogP contribution is 2.10. The number of rotatable bonds is 6. The number of carboxylic acid groups (broad SMARTS) is 1. The number of carboxylic acids is 1. The summed E-state index contributed by atoms with van der Waals surface area (Å²) in [7, 11) is 0. The summed E-state index contributed by atoms with van der Waals surface area (Å²) < 4.78 is 1.56. The normalized spacial score (nSPS) is 10.7. The van der Waals surface area contributed by atoms with Gasteiger partial charge in [-0.3, -0.25) is 9.59 Å². The molecule has 2 rings (SSSR count). The lowest BCUT2D eigenvalue weighted by molar-refractivity contribution is -0.137. The van der Waals surface area contributed by atoms with Crippen LogP contribution in [0.2, 0.25) is 0 Å². The fraction of sp³-hybridized carbons (Fsp3) is 0.333. The van der Waals surface area contributed by atoms with Crippen LogP contribution in [-0.2, 0) is 4.79 Å². The van der Waals surface area contributed by atoms with Crippen LogP contribution in [0.3, 0.4) is 0 Å². The Morgan fingerprint density at radius 3 is 2.68 bits per heavy atom. The molecular weight excluding hydrogens is 284 g/mol. The van der Waals surface area contributed by atoms with Gasteiger partial charge >= 0.3 is 5.97 Å².